The normalized spacial score (nSPS) is 12.4. The van der Waals surface area contributed by atoms with Crippen molar-refractivity contribution in [2.45, 2.75) is 32.9 Å². The zero-order valence-electron chi connectivity index (χ0n) is 9.25. The number of rotatable bonds is 6. The zero-order valence-corrected chi connectivity index (χ0v) is 9.25. The molecule has 1 unspecified atom stereocenters. The standard InChI is InChI=1S/C11H18N2O2/c1-3-5-12-11(14)9(2)13-7-10-4-6-15-8-10/h4,6,8-9,13H,3,5,7H2,1-2H3,(H,12,14). The Labute approximate surface area is 90.0 Å². The second-order valence-corrected chi connectivity index (χ2v) is 3.53. The molecule has 0 aliphatic rings. The first-order valence-electron chi connectivity index (χ1n) is 5.26. The molecule has 4 nitrogen and oxygen atoms in total. The number of carbonyl (C=O) groups is 1. The summed E-state index contributed by atoms with van der Waals surface area (Å²) in [5.41, 5.74) is 1.05. The molecule has 0 radical (unpaired) electrons. The van der Waals surface area contributed by atoms with E-state index >= 15 is 0 Å². The van der Waals surface area contributed by atoms with Crippen LogP contribution < -0.4 is 10.6 Å². The lowest BCUT2D eigenvalue weighted by Gasteiger charge is -2.12. The summed E-state index contributed by atoms with van der Waals surface area (Å²) < 4.78 is 4.93. The Balaban J connectivity index is 2.23. The van der Waals surface area contributed by atoms with E-state index in [1.165, 1.54) is 0 Å². The monoisotopic (exact) mass is 210 g/mol. The van der Waals surface area contributed by atoms with Crippen molar-refractivity contribution in [3.8, 4) is 0 Å². The molecule has 0 bridgehead atoms. The Kier molecular flexibility index (Phi) is 4.90. The van der Waals surface area contributed by atoms with Gasteiger partial charge in [-0.1, -0.05) is 6.92 Å². The first kappa shape index (κ1) is 11.8. The molecule has 15 heavy (non-hydrogen) atoms. The fourth-order valence-electron chi connectivity index (χ4n) is 1.16. The van der Waals surface area contributed by atoms with Crippen molar-refractivity contribution in [1.29, 1.82) is 0 Å². The molecule has 0 aliphatic carbocycles. The number of hydrogen-bond donors (Lipinski definition) is 2. The maximum atomic E-state index is 11.5. The quantitative estimate of drug-likeness (QED) is 0.743. The Bertz CT molecular complexity index is 283. The Hall–Kier alpha value is -1.29. The third-order valence-electron chi connectivity index (χ3n) is 2.13. The van der Waals surface area contributed by atoms with Gasteiger partial charge in [0.2, 0.25) is 5.91 Å². The van der Waals surface area contributed by atoms with Crippen LogP contribution in [0.3, 0.4) is 0 Å². The molecular formula is C11H18N2O2. The van der Waals surface area contributed by atoms with Crippen LogP contribution in [0.2, 0.25) is 0 Å². The van der Waals surface area contributed by atoms with Gasteiger partial charge in [-0.2, -0.15) is 0 Å². The minimum atomic E-state index is -0.175. The molecule has 1 aromatic rings. The van der Waals surface area contributed by atoms with E-state index in [0.717, 1.165) is 18.5 Å². The zero-order chi connectivity index (χ0) is 11.1. The van der Waals surface area contributed by atoms with Gasteiger partial charge in [-0.15, -0.1) is 0 Å². The van der Waals surface area contributed by atoms with Gasteiger partial charge in [0.15, 0.2) is 0 Å². The average molecular weight is 210 g/mol. The molecule has 0 saturated carbocycles. The summed E-state index contributed by atoms with van der Waals surface area (Å²) in [6.45, 7) is 5.27. The van der Waals surface area contributed by atoms with Crippen molar-refractivity contribution in [1.82, 2.24) is 10.6 Å². The van der Waals surface area contributed by atoms with Crippen molar-refractivity contribution >= 4 is 5.91 Å². The molecule has 1 aromatic heterocycles. The number of nitrogens with one attached hydrogen (secondary N) is 2. The predicted octanol–water partition coefficient (Wildman–Crippen LogP) is 1.28. The molecule has 0 aromatic carbocycles. The van der Waals surface area contributed by atoms with E-state index in [-0.39, 0.29) is 11.9 Å². The number of furan rings is 1. The Morgan fingerprint density at radius 3 is 3.00 bits per heavy atom. The SMILES string of the molecule is CCCNC(=O)C(C)NCc1ccoc1. The fourth-order valence-corrected chi connectivity index (χ4v) is 1.16. The molecule has 2 N–H and O–H groups in total. The van der Waals surface area contributed by atoms with Crippen LogP contribution in [0.15, 0.2) is 23.0 Å². The first-order chi connectivity index (χ1) is 7.24. The Morgan fingerprint density at radius 2 is 2.40 bits per heavy atom. The largest absolute Gasteiger partial charge is 0.472 e. The van der Waals surface area contributed by atoms with Gasteiger partial charge in [0, 0.05) is 18.7 Å². The molecule has 84 valence electrons. The highest BCUT2D eigenvalue weighted by molar-refractivity contribution is 5.81. The molecule has 0 fully saturated rings. The molecule has 1 atom stereocenters. The molecule has 0 aliphatic heterocycles. The highest BCUT2D eigenvalue weighted by Gasteiger charge is 2.10. The van der Waals surface area contributed by atoms with Crippen molar-refractivity contribution in [2.24, 2.45) is 0 Å². The molecular weight excluding hydrogens is 192 g/mol. The summed E-state index contributed by atoms with van der Waals surface area (Å²) in [7, 11) is 0. The van der Waals surface area contributed by atoms with E-state index in [2.05, 4.69) is 10.6 Å². The number of amides is 1. The molecule has 0 saturated heterocycles. The van der Waals surface area contributed by atoms with E-state index in [4.69, 9.17) is 4.42 Å². The summed E-state index contributed by atoms with van der Waals surface area (Å²) in [6, 6.07) is 1.70. The van der Waals surface area contributed by atoms with Crippen LogP contribution in [0, 0.1) is 0 Å². The minimum Gasteiger partial charge on any atom is -0.472 e. The fraction of sp³-hybridized carbons (Fsp3) is 0.545. The average Bonchev–Trinajstić information content (AvgIpc) is 2.75. The second-order valence-electron chi connectivity index (χ2n) is 3.53. The maximum Gasteiger partial charge on any atom is 0.236 e. The highest BCUT2D eigenvalue weighted by atomic mass is 16.3. The van der Waals surface area contributed by atoms with E-state index in [1.807, 2.05) is 19.9 Å². The molecule has 1 amide bonds. The summed E-state index contributed by atoms with van der Waals surface area (Å²) in [5.74, 6) is 0.0420. The lowest BCUT2D eigenvalue weighted by molar-refractivity contribution is -0.122. The number of hydrogen-bond acceptors (Lipinski definition) is 3. The van der Waals surface area contributed by atoms with Crippen LogP contribution in [-0.4, -0.2) is 18.5 Å². The minimum absolute atomic E-state index is 0.0420. The van der Waals surface area contributed by atoms with Crippen molar-refractivity contribution in [3.63, 3.8) is 0 Å². The van der Waals surface area contributed by atoms with Crippen LogP contribution in [0.5, 0.6) is 0 Å². The van der Waals surface area contributed by atoms with Crippen LogP contribution in [0.4, 0.5) is 0 Å². The second kappa shape index (κ2) is 6.24. The summed E-state index contributed by atoms with van der Waals surface area (Å²) in [4.78, 5) is 11.5. The topological polar surface area (TPSA) is 54.3 Å². The lowest BCUT2D eigenvalue weighted by atomic mass is 10.2. The van der Waals surface area contributed by atoms with Gasteiger partial charge in [0.25, 0.3) is 0 Å². The van der Waals surface area contributed by atoms with Crippen molar-refractivity contribution < 1.29 is 9.21 Å². The van der Waals surface area contributed by atoms with Gasteiger partial charge < -0.3 is 15.1 Å². The third-order valence-corrected chi connectivity index (χ3v) is 2.13. The van der Waals surface area contributed by atoms with Crippen LogP contribution in [-0.2, 0) is 11.3 Å². The van der Waals surface area contributed by atoms with E-state index in [0.29, 0.717) is 6.54 Å². The van der Waals surface area contributed by atoms with Crippen LogP contribution in [0.25, 0.3) is 0 Å². The van der Waals surface area contributed by atoms with Crippen LogP contribution in [0.1, 0.15) is 25.8 Å². The van der Waals surface area contributed by atoms with E-state index in [9.17, 15) is 4.79 Å². The van der Waals surface area contributed by atoms with Gasteiger partial charge in [-0.3, -0.25) is 4.79 Å². The summed E-state index contributed by atoms with van der Waals surface area (Å²) >= 11 is 0. The van der Waals surface area contributed by atoms with Crippen LogP contribution >= 0.6 is 0 Å². The van der Waals surface area contributed by atoms with E-state index < -0.39 is 0 Å². The van der Waals surface area contributed by atoms with Gasteiger partial charge in [-0.05, 0) is 19.4 Å². The predicted molar refractivity (Wildman–Crippen MR) is 58.3 cm³/mol. The Morgan fingerprint density at radius 1 is 1.60 bits per heavy atom. The molecule has 0 spiro atoms. The summed E-state index contributed by atoms with van der Waals surface area (Å²) in [6.07, 6.45) is 4.25. The molecule has 1 rings (SSSR count). The van der Waals surface area contributed by atoms with Crippen molar-refractivity contribution in [2.75, 3.05) is 6.54 Å². The van der Waals surface area contributed by atoms with Gasteiger partial charge in [0.05, 0.1) is 18.6 Å². The number of carbonyl (C=O) groups excluding carboxylic acids is 1. The smallest absolute Gasteiger partial charge is 0.236 e. The summed E-state index contributed by atoms with van der Waals surface area (Å²) in [5, 5.41) is 5.96. The van der Waals surface area contributed by atoms with Gasteiger partial charge in [-0.25, -0.2) is 0 Å². The van der Waals surface area contributed by atoms with Gasteiger partial charge in [0.1, 0.15) is 0 Å². The molecule has 1 heterocycles. The highest BCUT2D eigenvalue weighted by Crippen LogP contribution is 1.99. The first-order valence-corrected chi connectivity index (χ1v) is 5.26. The third kappa shape index (κ3) is 4.16. The van der Waals surface area contributed by atoms with Gasteiger partial charge >= 0.3 is 0 Å². The van der Waals surface area contributed by atoms with Crippen molar-refractivity contribution in [3.05, 3.63) is 24.2 Å². The maximum absolute atomic E-state index is 11.5. The molecule has 4 heteroatoms. The van der Waals surface area contributed by atoms with E-state index in [1.54, 1.807) is 12.5 Å². The lowest BCUT2D eigenvalue weighted by Crippen LogP contribution is -2.41.